The molecule has 0 saturated carbocycles. The van der Waals surface area contributed by atoms with Gasteiger partial charge in [-0.1, -0.05) is 33.1 Å². The third-order valence-corrected chi connectivity index (χ3v) is 4.72. The first-order chi connectivity index (χ1) is 11.6. The predicted octanol–water partition coefficient (Wildman–Crippen LogP) is 3.30. The minimum absolute atomic E-state index is 0.320. The first kappa shape index (κ1) is 20.8. The maximum Gasteiger partial charge on any atom is 0.222 e. The van der Waals surface area contributed by atoms with Crippen LogP contribution >= 0.6 is 0 Å². The molecule has 5 heteroatoms. The highest BCUT2D eigenvalue weighted by atomic mass is 16.2. The molecule has 5 nitrogen and oxygen atoms in total. The first-order valence-corrected chi connectivity index (χ1v) is 9.96. The van der Waals surface area contributed by atoms with Gasteiger partial charge in [0.05, 0.1) is 0 Å². The van der Waals surface area contributed by atoms with Gasteiger partial charge in [0, 0.05) is 38.1 Å². The van der Waals surface area contributed by atoms with Gasteiger partial charge in [-0.15, -0.1) is 0 Å². The average Bonchev–Trinajstić information content (AvgIpc) is 2.98. The van der Waals surface area contributed by atoms with E-state index >= 15 is 0 Å². The van der Waals surface area contributed by atoms with Crippen LogP contribution in [0.2, 0.25) is 0 Å². The van der Waals surface area contributed by atoms with Crippen molar-refractivity contribution in [2.45, 2.75) is 91.1 Å². The van der Waals surface area contributed by atoms with Crippen LogP contribution in [0, 0.1) is 0 Å². The fourth-order valence-electron chi connectivity index (χ4n) is 3.29. The van der Waals surface area contributed by atoms with E-state index in [2.05, 4.69) is 43.2 Å². The molecule has 1 aliphatic heterocycles. The van der Waals surface area contributed by atoms with Gasteiger partial charge in [0.2, 0.25) is 5.91 Å². The third-order valence-electron chi connectivity index (χ3n) is 4.72. The zero-order valence-electron chi connectivity index (χ0n) is 16.2. The van der Waals surface area contributed by atoms with Gasteiger partial charge < -0.3 is 15.5 Å². The Kier molecular flexibility index (Phi) is 10.5. The molecule has 0 aromatic rings. The second-order valence-electron chi connectivity index (χ2n) is 6.84. The molecule has 2 atom stereocenters. The minimum atomic E-state index is 0.320. The van der Waals surface area contributed by atoms with Crippen LogP contribution in [0.3, 0.4) is 0 Å². The topological polar surface area (TPSA) is 56.7 Å². The Labute approximate surface area is 148 Å². The van der Waals surface area contributed by atoms with Crippen molar-refractivity contribution >= 4 is 11.9 Å². The number of carbonyl (C=O) groups excluding carboxylic acids is 1. The molecule has 1 fully saturated rings. The zero-order valence-corrected chi connectivity index (χ0v) is 16.2. The second kappa shape index (κ2) is 12.2. The van der Waals surface area contributed by atoms with E-state index in [4.69, 9.17) is 4.99 Å². The highest BCUT2D eigenvalue weighted by Gasteiger charge is 2.26. The van der Waals surface area contributed by atoms with Gasteiger partial charge in [-0.05, 0) is 39.5 Å². The molecular weight excluding hydrogens is 300 g/mol. The summed E-state index contributed by atoms with van der Waals surface area (Å²) in [7, 11) is 0. The van der Waals surface area contributed by atoms with Gasteiger partial charge >= 0.3 is 0 Å². The Morgan fingerprint density at radius 3 is 2.62 bits per heavy atom. The van der Waals surface area contributed by atoms with Crippen LogP contribution in [0.4, 0.5) is 0 Å². The van der Waals surface area contributed by atoms with Gasteiger partial charge in [0.25, 0.3) is 0 Å². The van der Waals surface area contributed by atoms with Crippen molar-refractivity contribution in [2.75, 3.05) is 19.6 Å². The number of hydrogen-bond acceptors (Lipinski definition) is 2. The minimum Gasteiger partial charge on any atom is -0.357 e. The fraction of sp³-hybridized carbons (Fsp3) is 0.895. The number of likely N-dealkylation sites (tertiary alicyclic amines) is 1. The Morgan fingerprint density at radius 2 is 2.04 bits per heavy atom. The molecular formula is C19H38N4O. The molecule has 24 heavy (non-hydrogen) atoms. The van der Waals surface area contributed by atoms with E-state index in [0.717, 1.165) is 51.3 Å². The van der Waals surface area contributed by atoms with Gasteiger partial charge in [-0.25, -0.2) is 0 Å². The number of guanidine groups is 1. The molecule has 0 radical (unpaired) electrons. The van der Waals surface area contributed by atoms with Crippen LogP contribution in [0.25, 0.3) is 0 Å². The largest absolute Gasteiger partial charge is 0.357 e. The highest BCUT2D eigenvalue weighted by molar-refractivity contribution is 5.80. The summed E-state index contributed by atoms with van der Waals surface area (Å²) in [6.07, 6.45) is 8.69. The summed E-state index contributed by atoms with van der Waals surface area (Å²) in [6, 6.07) is 0.782. The number of rotatable bonds is 11. The van der Waals surface area contributed by atoms with E-state index in [9.17, 15) is 4.79 Å². The number of hydrogen-bond donors (Lipinski definition) is 2. The standard InChI is InChI=1S/C19H38N4O/c1-5-8-9-11-16(4)22-19(20-7-3)21-14-13-17(6-2)23-15-10-12-18(23)24/h16-17H,5-15H2,1-4H3,(H2,20,21,22). The van der Waals surface area contributed by atoms with E-state index in [0.29, 0.717) is 18.0 Å². The maximum absolute atomic E-state index is 11.9. The normalized spacial score (nSPS) is 17.9. The van der Waals surface area contributed by atoms with Crippen LogP contribution in [-0.2, 0) is 4.79 Å². The smallest absolute Gasteiger partial charge is 0.222 e. The van der Waals surface area contributed by atoms with Crippen molar-refractivity contribution in [1.82, 2.24) is 15.5 Å². The molecule has 1 aliphatic rings. The maximum atomic E-state index is 11.9. The van der Waals surface area contributed by atoms with Crippen molar-refractivity contribution < 1.29 is 4.79 Å². The highest BCUT2D eigenvalue weighted by Crippen LogP contribution is 2.18. The number of carbonyl (C=O) groups is 1. The Morgan fingerprint density at radius 1 is 1.25 bits per heavy atom. The first-order valence-electron chi connectivity index (χ1n) is 9.96. The molecule has 1 heterocycles. The summed E-state index contributed by atoms with van der Waals surface area (Å²) >= 11 is 0. The number of aliphatic imine (C=N–C) groups is 1. The third kappa shape index (κ3) is 7.54. The van der Waals surface area contributed by atoms with Gasteiger partial charge in [0.1, 0.15) is 0 Å². The second-order valence-corrected chi connectivity index (χ2v) is 6.84. The lowest BCUT2D eigenvalue weighted by Crippen LogP contribution is -2.42. The Balaban J connectivity index is 2.44. The van der Waals surface area contributed by atoms with Crippen molar-refractivity contribution in [3.05, 3.63) is 0 Å². The summed E-state index contributed by atoms with van der Waals surface area (Å²) in [5.41, 5.74) is 0. The molecule has 140 valence electrons. The number of amides is 1. The van der Waals surface area contributed by atoms with E-state index in [-0.39, 0.29) is 0 Å². The number of nitrogens with zero attached hydrogens (tertiary/aromatic N) is 2. The SMILES string of the molecule is CCCCCC(C)NC(=NCCC(CC)N1CCCC1=O)NCC. The van der Waals surface area contributed by atoms with Crippen LogP contribution in [0.5, 0.6) is 0 Å². The average molecular weight is 339 g/mol. The van der Waals surface area contributed by atoms with E-state index in [1.807, 2.05) is 0 Å². The molecule has 0 spiro atoms. The number of nitrogens with one attached hydrogen (secondary N) is 2. The Bertz CT molecular complexity index is 384. The lowest BCUT2D eigenvalue weighted by atomic mass is 10.1. The van der Waals surface area contributed by atoms with Crippen LogP contribution in [0.1, 0.15) is 79.1 Å². The quantitative estimate of drug-likeness (QED) is 0.345. The molecule has 0 bridgehead atoms. The van der Waals surface area contributed by atoms with Crippen molar-refractivity contribution in [3.8, 4) is 0 Å². The molecule has 0 aromatic carbocycles. The lowest BCUT2D eigenvalue weighted by molar-refractivity contribution is -0.129. The summed E-state index contributed by atoms with van der Waals surface area (Å²) < 4.78 is 0. The summed E-state index contributed by atoms with van der Waals surface area (Å²) in [6.45, 7) is 11.3. The Hall–Kier alpha value is -1.26. The molecule has 0 aliphatic carbocycles. The summed E-state index contributed by atoms with van der Waals surface area (Å²) in [5, 5.41) is 6.84. The number of unbranched alkanes of at least 4 members (excludes halogenated alkanes) is 2. The molecule has 2 unspecified atom stereocenters. The van der Waals surface area contributed by atoms with Crippen LogP contribution in [-0.4, -0.2) is 48.5 Å². The van der Waals surface area contributed by atoms with Crippen LogP contribution in [0.15, 0.2) is 4.99 Å². The van der Waals surface area contributed by atoms with Crippen LogP contribution < -0.4 is 10.6 Å². The summed E-state index contributed by atoms with van der Waals surface area (Å²) in [5.74, 6) is 1.23. The zero-order chi connectivity index (χ0) is 17.8. The van der Waals surface area contributed by atoms with Gasteiger partial charge in [0.15, 0.2) is 5.96 Å². The van der Waals surface area contributed by atoms with Crippen molar-refractivity contribution in [1.29, 1.82) is 0 Å². The van der Waals surface area contributed by atoms with Gasteiger partial charge in [-0.2, -0.15) is 0 Å². The molecule has 1 rings (SSSR count). The molecule has 1 amide bonds. The van der Waals surface area contributed by atoms with Gasteiger partial charge in [-0.3, -0.25) is 9.79 Å². The van der Waals surface area contributed by atoms with Crippen molar-refractivity contribution in [2.24, 2.45) is 4.99 Å². The molecule has 0 aromatic heterocycles. The monoisotopic (exact) mass is 338 g/mol. The van der Waals surface area contributed by atoms with Crippen molar-refractivity contribution in [3.63, 3.8) is 0 Å². The van der Waals surface area contributed by atoms with E-state index < -0.39 is 0 Å². The van der Waals surface area contributed by atoms with E-state index in [1.54, 1.807) is 0 Å². The lowest BCUT2D eigenvalue weighted by Gasteiger charge is -2.26. The molecule has 2 N–H and O–H groups in total. The summed E-state index contributed by atoms with van der Waals surface area (Å²) in [4.78, 5) is 18.7. The fourth-order valence-corrected chi connectivity index (χ4v) is 3.29. The molecule has 1 saturated heterocycles. The predicted molar refractivity (Wildman–Crippen MR) is 102 cm³/mol. The van der Waals surface area contributed by atoms with E-state index in [1.165, 1.54) is 25.7 Å².